The van der Waals surface area contributed by atoms with Gasteiger partial charge in [0, 0.05) is 73.8 Å². The van der Waals surface area contributed by atoms with Crippen molar-refractivity contribution < 1.29 is 0 Å². The molecule has 0 saturated heterocycles. The van der Waals surface area contributed by atoms with Crippen LogP contribution in [-0.2, 0) is 0 Å². The van der Waals surface area contributed by atoms with Crippen LogP contribution in [0.25, 0.3) is 52.2 Å². The molecule has 0 unspecified atom stereocenters. The van der Waals surface area contributed by atoms with Crippen molar-refractivity contribution in [1.82, 2.24) is 0 Å². The number of benzene rings is 3. The average Bonchev–Trinajstić information content (AvgIpc) is 3.78. The maximum atomic E-state index is 4.13. The third kappa shape index (κ3) is 4.97. The largest absolute Gasteiger partial charge is 0.146 e. The Morgan fingerprint density at radius 3 is 1.06 bits per heavy atom. The second-order valence-corrected chi connectivity index (χ2v) is 29.8. The van der Waals surface area contributed by atoms with Crippen LogP contribution in [-0.4, -0.2) is 16.1 Å². The lowest BCUT2D eigenvalue weighted by atomic mass is 10.0. The number of thiophene rings is 2. The first-order chi connectivity index (χ1) is 23.8. The van der Waals surface area contributed by atoms with E-state index in [9.17, 15) is 0 Å². The van der Waals surface area contributed by atoms with Gasteiger partial charge < -0.3 is 0 Å². The van der Waals surface area contributed by atoms with Crippen molar-refractivity contribution in [3.8, 4) is 43.8 Å². The Morgan fingerprint density at radius 2 is 0.740 bits per heavy atom. The van der Waals surface area contributed by atoms with Gasteiger partial charge in [-0.3, -0.25) is 0 Å². The number of hydrogen-bond donors (Lipinski definition) is 0. The summed E-state index contributed by atoms with van der Waals surface area (Å²) >= 11 is 3.90. The van der Waals surface area contributed by atoms with E-state index in [2.05, 4.69) is 167 Å². The average molecular weight is 725 g/mol. The Hall–Kier alpha value is -3.13. The summed E-state index contributed by atoms with van der Waals surface area (Å²) in [5.41, 5.74) is 19.8. The molecule has 0 saturated carbocycles. The molecule has 0 N–H and O–H groups in total. The Balaban J connectivity index is 1.62. The van der Waals surface area contributed by atoms with Crippen LogP contribution >= 0.6 is 22.7 Å². The molecule has 3 aromatic carbocycles. The molecule has 2 aliphatic carbocycles. The lowest BCUT2D eigenvalue weighted by Crippen LogP contribution is -2.43. The standard InChI is InChI=1S/C46H52S2Si2/c1-27(2)49(28(3)4,29(5)6)25-23-35-33-21-22-34-36(24-26-50(30(7)8,31(9)10)32(11)12)42-38-18-14-16-20-40(38)48-46(42)44(34)43(33)45-41(35)37-17-13-15-19-39(37)47-45/h13-22,27-32H,1-12H3. The van der Waals surface area contributed by atoms with E-state index in [1.165, 1.54) is 73.8 Å². The van der Waals surface area contributed by atoms with Crippen molar-refractivity contribution in [2.45, 2.75) is 116 Å². The Morgan fingerprint density at radius 1 is 0.420 bits per heavy atom. The zero-order chi connectivity index (χ0) is 35.9. The SMILES string of the molecule is CC(C)[Si](C#CC1=c2ccc3c(c2-c2sc4ccccc4c21)-c1sc2ccccc2c1C=3C#C[Si](C(C)C)(C(C)C)C(C)C)(C(C)C)C(C)C. The summed E-state index contributed by atoms with van der Waals surface area (Å²) in [5, 5.41) is 5.31. The van der Waals surface area contributed by atoms with E-state index in [1.54, 1.807) is 0 Å². The molecule has 256 valence electrons. The molecule has 0 nitrogen and oxygen atoms in total. The highest BCUT2D eigenvalue weighted by molar-refractivity contribution is 7.24. The quantitative estimate of drug-likeness (QED) is 0.121. The summed E-state index contributed by atoms with van der Waals surface area (Å²) in [6.45, 7) is 29.0. The van der Waals surface area contributed by atoms with Crippen molar-refractivity contribution in [3.63, 3.8) is 0 Å². The number of hydrogen-bond acceptors (Lipinski definition) is 2. The van der Waals surface area contributed by atoms with Crippen LogP contribution in [0.15, 0.2) is 60.7 Å². The second-order valence-electron chi connectivity index (χ2n) is 16.6. The molecule has 7 rings (SSSR count). The Labute approximate surface area is 310 Å². The van der Waals surface area contributed by atoms with Gasteiger partial charge in [0.1, 0.15) is 16.1 Å². The van der Waals surface area contributed by atoms with E-state index < -0.39 is 16.1 Å². The van der Waals surface area contributed by atoms with Gasteiger partial charge in [-0.25, -0.2) is 0 Å². The minimum atomic E-state index is -1.95. The monoisotopic (exact) mass is 724 g/mol. The topological polar surface area (TPSA) is 0 Å². The molecule has 0 amide bonds. The zero-order valence-electron chi connectivity index (χ0n) is 32.1. The van der Waals surface area contributed by atoms with Gasteiger partial charge in [0.2, 0.25) is 0 Å². The predicted molar refractivity (Wildman–Crippen MR) is 230 cm³/mol. The van der Waals surface area contributed by atoms with Crippen molar-refractivity contribution in [1.29, 1.82) is 0 Å². The minimum absolute atomic E-state index is 0.588. The van der Waals surface area contributed by atoms with E-state index in [1.807, 2.05) is 22.7 Å². The lowest BCUT2D eigenvalue weighted by molar-refractivity contribution is 0.838. The molecule has 2 aliphatic rings. The molecule has 50 heavy (non-hydrogen) atoms. The smallest absolute Gasteiger partial charge is 0.134 e. The van der Waals surface area contributed by atoms with Crippen molar-refractivity contribution >= 4 is 70.1 Å². The zero-order valence-corrected chi connectivity index (χ0v) is 35.7. The van der Waals surface area contributed by atoms with Crippen molar-refractivity contribution in [2.75, 3.05) is 0 Å². The molecule has 0 radical (unpaired) electrons. The van der Waals surface area contributed by atoms with Crippen LogP contribution in [0.3, 0.4) is 0 Å². The second kappa shape index (κ2) is 12.8. The maximum absolute atomic E-state index is 4.13. The van der Waals surface area contributed by atoms with Crippen molar-refractivity contribution in [2.24, 2.45) is 0 Å². The van der Waals surface area contributed by atoms with Crippen LogP contribution in [0.2, 0.25) is 33.2 Å². The highest BCUT2D eigenvalue weighted by atomic mass is 32.1. The van der Waals surface area contributed by atoms with Gasteiger partial charge in [0.05, 0.1) is 0 Å². The maximum Gasteiger partial charge on any atom is 0.146 e. The molecule has 5 aromatic rings. The van der Waals surface area contributed by atoms with E-state index in [0.717, 1.165) is 0 Å². The molecule has 2 aromatic heterocycles. The van der Waals surface area contributed by atoms with E-state index in [4.69, 9.17) is 0 Å². The summed E-state index contributed by atoms with van der Waals surface area (Å²) in [6.07, 6.45) is 0. The molecule has 0 spiro atoms. The summed E-state index contributed by atoms with van der Waals surface area (Å²) in [6, 6.07) is 22.8. The highest BCUT2D eigenvalue weighted by Gasteiger charge is 2.43. The van der Waals surface area contributed by atoms with E-state index >= 15 is 0 Å². The summed E-state index contributed by atoms with van der Waals surface area (Å²) in [5.74, 6) is 8.00. The third-order valence-electron chi connectivity index (χ3n) is 12.4. The summed E-state index contributed by atoms with van der Waals surface area (Å²) in [7, 11) is -3.90. The first-order valence-corrected chi connectivity index (χ1v) is 24.9. The fourth-order valence-corrected chi connectivity index (χ4v) is 23.1. The molecule has 0 fully saturated rings. The first kappa shape index (κ1) is 35.3. The summed E-state index contributed by atoms with van der Waals surface area (Å²) in [4.78, 5) is 2.78. The normalized spacial score (nSPS) is 13.9. The van der Waals surface area contributed by atoms with Gasteiger partial charge in [0.15, 0.2) is 0 Å². The molecular formula is C46H52S2Si2. The fraction of sp³-hybridized carbons (Fsp3) is 0.391. The van der Waals surface area contributed by atoms with Crippen LogP contribution in [0.4, 0.5) is 0 Å². The molecule has 0 aliphatic heterocycles. The first-order valence-electron chi connectivity index (χ1n) is 18.8. The third-order valence-corrected chi connectivity index (χ3v) is 27.4. The number of fused-ring (bicyclic) bond motifs is 11. The van der Waals surface area contributed by atoms with Crippen LogP contribution in [0, 0.1) is 22.9 Å². The minimum Gasteiger partial charge on any atom is -0.134 e. The molecule has 2 heterocycles. The van der Waals surface area contributed by atoms with Crippen LogP contribution < -0.4 is 10.4 Å². The van der Waals surface area contributed by atoms with Gasteiger partial charge in [-0.15, -0.1) is 33.8 Å². The van der Waals surface area contributed by atoms with Gasteiger partial charge in [-0.05, 0) is 45.4 Å². The predicted octanol–water partition coefficient (Wildman–Crippen LogP) is 12.9. The van der Waals surface area contributed by atoms with Crippen LogP contribution in [0.5, 0.6) is 0 Å². The van der Waals surface area contributed by atoms with E-state index in [0.29, 0.717) is 33.2 Å². The molecule has 0 bridgehead atoms. The molecule has 4 heteroatoms. The Kier molecular flexibility index (Phi) is 9.05. The van der Waals surface area contributed by atoms with Gasteiger partial charge in [-0.2, -0.15) is 0 Å². The van der Waals surface area contributed by atoms with Crippen molar-refractivity contribution in [3.05, 3.63) is 82.2 Å². The van der Waals surface area contributed by atoms with Gasteiger partial charge in [-0.1, -0.05) is 143 Å². The lowest BCUT2D eigenvalue weighted by Gasteiger charge is -2.38. The molecule has 0 atom stereocenters. The van der Waals surface area contributed by atoms with Gasteiger partial charge in [0.25, 0.3) is 0 Å². The highest BCUT2D eigenvalue weighted by Crippen LogP contribution is 2.52. The van der Waals surface area contributed by atoms with Crippen LogP contribution in [0.1, 0.15) is 94.2 Å². The number of rotatable bonds is 6. The van der Waals surface area contributed by atoms with E-state index in [-0.39, 0.29) is 0 Å². The van der Waals surface area contributed by atoms with Gasteiger partial charge >= 0.3 is 0 Å². The molecular weight excluding hydrogens is 673 g/mol. The Bertz CT molecular complexity index is 2210. The fourth-order valence-electron chi connectivity index (χ4n) is 10.2. The summed E-state index contributed by atoms with van der Waals surface area (Å²) < 4.78 is 2.69.